The van der Waals surface area contributed by atoms with Crippen LogP contribution in [0.15, 0.2) is 12.3 Å². The standard InChI is InChI=1S/C8H12O6/c1-5(10)14-8(4-9)7(12)6(11)2-3-13-8/h2-3,6-7,9,11-12H,4H2,1H3. The van der Waals surface area contributed by atoms with Gasteiger partial charge in [-0.3, -0.25) is 4.79 Å². The molecule has 6 nitrogen and oxygen atoms in total. The zero-order chi connectivity index (χ0) is 10.8. The lowest BCUT2D eigenvalue weighted by Crippen LogP contribution is -2.56. The predicted octanol–water partition coefficient (Wildman–Crippen LogP) is -1.50. The van der Waals surface area contributed by atoms with E-state index in [-0.39, 0.29) is 0 Å². The number of carbonyl (C=O) groups excluding carboxylic acids is 1. The van der Waals surface area contributed by atoms with Crippen molar-refractivity contribution in [2.75, 3.05) is 6.61 Å². The molecule has 1 aliphatic rings. The molecule has 1 aliphatic heterocycles. The normalized spacial score (nSPS) is 36.3. The average Bonchev–Trinajstić information content (AvgIpc) is 2.12. The molecular weight excluding hydrogens is 192 g/mol. The van der Waals surface area contributed by atoms with Crippen LogP contribution in [-0.4, -0.2) is 45.9 Å². The van der Waals surface area contributed by atoms with Gasteiger partial charge >= 0.3 is 11.8 Å². The fraction of sp³-hybridized carbons (Fsp3) is 0.625. The molecule has 0 aromatic rings. The molecule has 14 heavy (non-hydrogen) atoms. The van der Waals surface area contributed by atoms with Crippen LogP contribution in [0.25, 0.3) is 0 Å². The van der Waals surface area contributed by atoms with Crippen molar-refractivity contribution in [3.05, 3.63) is 12.3 Å². The second kappa shape index (κ2) is 3.95. The molecule has 0 aliphatic carbocycles. The maximum absolute atomic E-state index is 10.7. The minimum Gasteiger partial charge on any atom is -0.456 e. The first-order valence-corrected chi connectivity index (χ1v) is 4.03. The topological polar surface area (TPSA) is 96.2 Å². The van der Waals surface area contributed by atoms with Crippen molar-refractivity contribution in [2.24, 2.45) is 0 Å². The Morgan fingerprint density at radius 1 is 1.64 bits per heavy atom. The summed E-state index contributed by atoms with van der Waals surface area (Å²) in [6.07, 6.45) is -0.504. The monoisotopic (exact) mass is 204 g/mol. The summed E-state index contributed by atoms with van der Waals surface area (Å²) in [5, 5.41) is 27.7. The third-order valence-electron chi connectivity index (χ3n) is 1.85. The number of hydrogen-bond acceptors (Lipinski definition) is 6. The van der Waals surface area contributed by atoms with E-state index >= 15 is 0 Å². The third kappa shape index (κ3) is 1.87. The van der Waals surface area contributed by atoms with Crippen LogP contribution < -0.4 is 0 Å². The van der Waals surface area contributed by atoms with Crippen LogP contribution in [0.1, 0.15) is 6.92 Å². The summed E-state index contributed by atoms with van der Waals surface area (Å²) in [5.74, 6) is -2.62. The molecule has 6 heteroatoms. The summed E-state index contributed by atoms with van der Waals surface area (Å²) in [6, 6.07) is 0. The van der Waals surface area contributed by atoms with E-state index in [2.05, 4.69) is 4.74 Å². The molecule has 1 rings (SSSR count). The number of ether oxygens (including phenoxy) is 2. The Morgan fingerprint density at radius 2 is 2.29 bits per heavy atom. The van der Waals surface area contributed by atoms with Gasteiger partial charge in [0, 0.05) is 6.92 Å². The Balaban J connectivity index is 2.87. The van der Waals surface area contributed by atoms with Crippen LogP contribution >= 0.6 is 0 Å². The smallest absolute Gasteiger partial charge is 0.306 e. The highest BCUT2D eigenvalue weighted by Crippen LogP contribution is 2.25. The summed E-state index contributed by atoms with van der Waals surface area (Å²) in [7, 11) is 0. The summed E-state index contributed by atoms with van der Waals surface area (Å²) < 4.78 is 9.46. The summed E-state index contributed by atoms with van der Waals surface area (Å²) >= 11 is 0. The minimum atomic E-state index is -1.90. The second-order valence-corrected chi connectivity index (χ2v) is 2.95. The highest BCUT2D eigenvalue weighted by atomic mass is 16.7. The molecule has 0 saturated heterocycles. The lowest BCUT2D eigenvalue weighted by atomic mass is 10.0. The van der Waals surface area contributed by atoms with Gasteiger partial charge in [0.25, 0.3) is 0 Å². The van der Waals surface area contributed by atoms with Gasteiger partial charge in [0.15, 0.2) is 6.10 Å². The van der Waals surface area contributed by atoms with Gasteiger partial charge < -0.3 is 24.8 Å². The number of esters is 1. The number of aliphatic hydroxyl groups is 3. The number of aliphatic hydroxyl groups excluding tert-OH is 3. The Morgan fingerprint density at radius 3 is 2.79 bits per heavy atom. The molecule has 0 bridgehead atoms. The van der Waals surface area contributed by atoms with Crippen LogP contribution in [0, 0.1) is 0 Å². The predicted molar refractivity (Wildman–Crippen MR) is 43.8 cm³/mol. The summed E-state index contributed by atoms with van der Waals surface area (Å²) in [4.78, 5) is 10.7. The molecule has 0 amide bonds. The summed E-state index contributed by atoms with van der Waals surface area (Å²) in [5.41, 5.74) is 0. The highest BCUT2D eigenvalue weighted by molar-refractivity contribution is 5.66. The lowest BCUT2D eigenvalue weighted by molar-refractivity contribution is -0.280. The Bertz CT molecular complexity index is 250. The molecule has 0 radical (unpaired) electrons. The van der Waals surface area contributed by atoms with Gasteiger partial charge in [-0.1, -0.05) is 0 Å². The largest absolute Gasteiger partial charge is 0.456 e. The van der Waals surface area contributed by atoms with Crippen molar-refractivity contribution in [1.29, 1.82) is 0 Å². The molecule has 3 unspecified atom stereocenters. The Hall–Kier alpha value is -1.11. The van der Waals surface area contributed by atoms with Gasteiger partial charge in [0.1, 0.15) is 12.7 Å². The van der Waals surface area contributed by atoms with Crippen molar-refractivity contribution >= 4 is 5.97 Å². The van der Waals surface area contributed by atoms with Gasteiger partial charge in [-0.15, -0.1) is 0 Å². The van der Waals surface area contributed by atoms with E-state index in [9.17, 15) is 15.0 Å². The van der Waals surface area contributed by atoms with E-state index in [1.165, 1.54) is 6.08 Å². The van der Waals surface area contributed by atoms with Gasteiger partial charge in [0.2, 0.25) is 0 Å². The van der Waals surface area contributed by atoms with Crippen LogP contribution in [0.2, 0.25) is 0 Å². The minimum absolute atomic E-state index is 0.722. The van der Waals surface area contributed by atoms with E-state index in [1.54, 1.807) is 0 Å². The Kier molecular flexibility index (Phi) is 3.10. The zero-order valence-corrected chi connectivity index (χ0v) is 7.58. The molecule has 0 spiro atoms. The molecule has 1 heterocycles. The van der Waals surface area contributed by atoms with Gasteiger partial charge in [-0.2, -0.15) is 0 Å². The van der Waals surface area contributed by atoms with Crippen molar-refractivity contribution in [3.8, 4) is 0 Å². The van der Waals surface area contributed by atoms with E-state index in [4.69, 9.17) is 9.84 Å². The summed E-state index contributed by atoms with van der Waals surface area (Å²) in [6.45, 7) is 0.368. The molecule has 80 valence electrons. The van der Waals surface area contributed by atoms with E-state index in [1.807, 2.05) is 0 Å². The van der Waals surface area contributed by atoms with E-state index in [0.29, 0.717) is 0 Å². The SMILES string of the molecule is CC(=O)OC1(CO)OC=CC(O)C1O. The van der Waals surface area contributed by atoms with Crippen LogP contribution in [0.3, 0.4) is 0 Å². The molecular formula is C8H12O6. The molecule has 3 N–H and O–H groups in total. The highest BCUT2D eigenvalue weighted by Gasteiger charge is 2.48. The number of rotatable bonds is 2. The van der Waals surface area contributed by atoms with Gasteiger partial charge in [0.05, 0.1) is 6.26 Å². The van der Waals surface area contributed by atoms with Crippen LogP contribution in [0.5, 0.6) is 0 Å². The van der Waals surface area contributed by atoms with E-state index in [0.717, 1.165) is 13.2 Å². The third-order valence-corrected chi connectivity index (χ3v) is 1.85. The molecule has 0 fully saturated rings. The first kappa shape index (κ1) is 11.0. The van der Waals surface area contributed by atoms with Gasteiger partial charge in [-0.25, -0.2) is 0 Å². The van der Waals surface area contributed by atoms with Gasteiger partial charge in [-0.05, 0) is 6.08 Å². The Labute approximate surface area is 80.4 Å². The number of carbonyl (C=O) groups is 1. The quantitative estimate of drug-likeness (QED) is 0.474. The first-order valence-electron chi connectivity index (χ1n) is 4.03. The fourth-order valence-corrected chi connectivity index (χ4v) is 1.16. The molecule has 3 atom stereocenters. The van der Waals surface area contributed by atoms with Crippen LogP contribution in [0.4, 0.5) is 0 Å². The number of hydrogen-bond donors (Lipinski definition) is 3. The van der Waals surface area contributed by atoms with Crippen molar-refractivity contribution in [2.45, 2.75) is 24.9 Å². The fourth-order valence-electron chi connectivity index (χ4n) is 1.16. The molecule has 0 aromatic heterocycles. The zero-order valence-electron chi connectivity index (χ0n) is 7.58. The first-order chi connectivity index (χ1) is 6.52. The maximum Gasteiger partial charge on any atom is 0.306 e. The van der Waals surface area contributed by atoms with Crippen molar-refractivity contribution in [1.82, 2.24) is 0 Å². The van der Waals surface area contributed by atoms with Crippen molar-refractivity contribution < 1.29 is 29.6 Å². The maximum atomic E-state index is 10.7. The van der Waals surface area contributed by atoms with Crippen molar-refractivity contribution in [3.63, 3.8) is 0 Å². The lowest BCUT2D eigenvalue weighted by Gasteiger charge is -2.38. The van der Waals surface area contributed by atoms with E-state index < -0.39 is 30.6 Å². The van der Waals surface area contributed by atoms with Crippen LogP contribution in [-0.2, 0) is 14.3 Å². The average molecular weight is 204 g/mol. The second-order valence-electron chi connectivity index (χ2n) is 2.95. The molecule has 0 saturated carbocycles. The molecule has 0 aromatic carbocycles.